The molecular formula is C27H37N3OS. The number of aromatic nitrogens is 2. The zero-order valence-corrected chi connectivity index (χ0v) is 21.3. The SMILES string of the molecule is CCOC(C)(C)[C@@]1(CCc2nc3ccccc3s2)CCN(C(C)(C)c2ccc(C)nc2)C1. The molecule has 0 radical (unpaired) electrons. The van der Waals surface area contributed by atoms with E-state index in [-0.39, 0.29) is 16.6 Å². The predicted molar refractivity (Wildman–Crippen MR) is 134 cm³/mol. The Labute approximate surface area is 197 Å². The highest BCUT2D eigenvalue weighted by atomic mass is 32.1. The van der Waals surface area contributed by atoms with Crippen LogP contribution in [-0.2, 0) is 16.7 Å². The summed E-state index contributed by atoms with van der Waals surface area (Å²) in [5.74, 6) is 0. The molecule has 1 aliphatic heterocycles. The zero-order valence-electron chi connectivity index (χ0n) is 20.4. The molecule has 4 rings (SSSR count). The van der Waals surface area contributed by atoms with Gasteiger partial charge in [-0.25, -0.2) is 4.98 Å². The third kappa shape index (κ3) is 4.35. The number of likely N-dealkylation sites (tertiary alicyclic amines) is 1. The number of benzene rings is 1. The van der Waals surface area contributed by atoms with Gasteiger partial charge in [-0.05, 0) is 84.7 Å². The molecule has 172 valence electrons. The molecule has 32 heavy (non-hydrogen) atoms. The van der Waals surface area contributed by atoms with Gasteiger partial charge in [0.05, 0.1) is 20.8 Å². The lowest BCUT2D eigenvalue weighted by molar-refractivity contribution is -0.109. The monoisotopic (exact) mass is 451 g/mol. The first-order valence-electron chi connectivity index (χ1n) is 11.8. The molecule has 0 spiro atoms. The van der Waals surface area contributed by atoms with Crippen LogP contribution < -0.4 is 0 Å². The number of ether oxygens (including phenoxy) is 1. The van der Waals surface area contributed by atoms with E-state index in [2.05, 4.69) is 80.9 Å². The molecule has 1 saturated heterocycles. The highest BCUT2D eigenvalue weighted by molar-refractivity contribution is 7.18. The van der Waals surface area contributed by atoms with Crippen molar-refractivity contribution in [3.05, 3.63) is 58.9 Å². The van der Waals surface area contributed by atoms with E-state index < -0.39 is 0 Å². The van der Waals surface area contributed by atoms with E-state index in [0.717, 1.165) is 50.2 Å². The van der Waals surface area contributed by atoms with Crippen LogP contribution in [0.1, 0.15) is 63.7 Å². The van der Waals surface area contributed by atoms with Crippen molar-refractivity contribution < 1.29 is 4.74 Å². The van der Waals surface area contributed by atoms with E-state index >= 15 is 0 Å². The van der Waals surface area contributed by atoms with Crippen LogP contribution >= 0.6 is 11.3 Å². The zero-order chi connectivity index (χ0) is 23.0. The quantitative estimate of drug-likeness (QED) is 0.398. The van der Waals surface area contributed by atoms with Crippen molar-refractivity contribution in [3.8, 4) is 0 Å². The Morgan fingerprint density at radius 1 is 1.12 bits per heavy atom. The van der Waals surface area contributed by atoms with Crippen LogP contribution in [0.25, 0.3) is 10.2 Å². The maximum absolute atomic E-state index is 6.39. The van der Waals surface area contributed by atoms with Gasteiger partial charge < -0.3 is 4.74 Å². The Morgan fingerprint density at radius 3 is 2.59 bits per heavy atom. The average molecular weight is 452 g/mol. The van der Waals surface area contributed by atoms with E-state index in [1.165, 1.54) is 15.3 Å². The molecule has 0 bridgehead atoms. The van der Waals surface area contributed by atoms with Crippen LogP contribution in [-0.4, -0.2) is 40.2 Å². The van der Waals surface area contributed by atoms with Gasteiger partial charge >= 0.3 is 0 Å². The maximum atomic E-state index is 6.39. The van der Waals surface area contributed by atoms with Crippen LogP contribution in [0.5, 0.6) is 0 Å². The summed E-state index contributed by atoms with van der Waals surface area (Å²) in [5, 5.41) is 1.23. The normalized spacial score (nSPS) is 20.3. The van der Waals surface area contributed by atoms with Crippen LogP contribution in [0.4, 0.5) is 0 Å². The molecule has 1 aromatic carbocycles. The van der Waals surface area contributed by atoms with Gasteiger partial charge in [-0.2, -0.15) is 0 Å². The second kappa shape index (κ2) is 8.85. The molecule has 0 amide bonds. The molecule has 2 aromatic heterocycles. The Kier molecular flexibility index (Phi) is 6.45. The van der Waals surface area contributed by atoms with Crippen molar-refractivity contribution in [3.63, 3.8) is 0 Å². The molecule has 1 atom stereocenters. The van der Waals surface area contributed by atoms with E-state index in [9.17, 15) is 0 Å². The van der Waals surface area contributed by atoms with Gasteiger partial charge in [-0.3, -0.25) is 9.88 Å². The molecule has 0 saturated carbocycles. The first kappa shape index (κ1) is 23.3. The van der Waals surface area contributed by atoms with Crippen LogP contribution in [0.15, 0.2) is 42.6 Å². The van der Waals surface area contributed by atoms with E-state index in [1.54, 1.807) is 0 Å². The lowest BCUT2D eigenvalue weighted by atomic mass is 9.69. The predicted octanol–water partition coefficient (Wildman–Crippen LogP) is 6.37. The highest BCUT2D eigenvalue weighted by Gasteiger charge is 2.52. The fourth-order valence-corrected chi connectivity index (χ4v) is 6.21. The largest absolute Gasteiger partial charge is 0.375 e. The lowest BCUT2D eigenvalue weighted by Gasteiger charge is -2.46. The van der Waals surface area contributed by atoms with Gasteiger partial charge in [0.1, 0.15) is 0 Å². The Bertz CT molecular complexity index is 1020. The summed E-state index contributed by atoms with van der Waals surface area (Å²) in [6, 6.07) is 12.8. The number of hydrogen-bond donors (Lipinski definition) is 0. The summed E-state index contributed by atoms with van der Waals surface area (Å²) >= 11 is 1.83. The van der Waals surface area contributed by atoms with Crippen molar-refractivity contribution in [2.45, 2.75) is 71.9 Å². The number of pyridine rings is 1. The minimum Gasteiger partial charge on any atom is -0.375 e. The van der Waals surface area contributed by atoms with E-state index in [0.29, 0.717) is 0 Å². The van der Waals surface area contributed by atoms with Crippen LogP contribution in [0, 0.1) is 12.3 Å². The van der Waals surface area contributed by atoms with E-state index in [1.807, 2.05) is 24.5 Å². The van der Waals surface area contributed by atoms with Gasteiger partial charge in [0.2, 0.25) is 0 Å². The molecular weight excluding hydrogens is 414 g/mol. The van der Waals surface area contributed by atoms with E-state index in [4.69, 9.17) is 9.72 Å². The Morgan fingerprint density at radius 2 is 1.91 bits per heavy atom. The minimum absolute atomic E-state index is 0.0688. The standard InChI is InChI=1S/C27H37N3OS/c1-7-31-26(5,6)27(15-14-24-29-22-10-8-9-11-23(22)32-24)16-17-30(19-27)25(3,4)21-13-12-20(2)28-18-21/h8-13,18H,7,14-17,19H2,1-6H3/t27-/m0/s1. The second-order valence-corrected chi connectivity index (χ2v) is 11.3. The molecule has 0 aliphatic carbocycles. The number of aryl methyl sites for hydroxylation is 2. The summed E-state index contributed by atoms with van der Waals surface area (Å²) in [7, 11) is 0. The number of thiazole rings is 1. The first-order chi connectivity index (χ1) is 15.2. The van der Waals surface area contributed by atoms with Gasteiger partial charge in [-0.15, -0.1) is 11.3 Å². The van der Waals surface area contributed by atoms with Gasteiger partial charge in [-0.1, -0.05) is 18.2 Å². The Hall–Kier alpha value is -1.82. The van der Waals surface area contributed by atoms with Crippen molar-refractivity contribution >= 4 is 21.6 Å². The molecule has 1 aliphatic rings. The van der Waals surface area contributed by atoms with Crippen molar-refractivity contribution in [1.29, 1.82) is 0 Å². The van der Waals surface area contributed by atoms with Gasteiger partial charge in [0, 0.05) is 42.4 Å². The van der Waals surface area contributed by atoms with Crippen molar-refractivity contribution in [2.24, 2.45) is 5.41 Å². The molecule has 1 fully saturated rings. The summed E-state index contributed by atoms with van der Waals surface area (Å²) < 4.78 is 7.67. The molecule has 0 N–H and O–H groups in total. The number of hydrogen-bond acceptors (Lipinski definition) is 5. The first-order valence-corrected chi connectivity index (χ1v) is 12.7. The fourth-order valence-electron chi connectivity index (χ4n) is 5.25. The topological polar surface area (TPSA) is 38.2 Å². The highest BCUT2D eigenvalue weighted by Crippen LogP contribution is 2.49. The number of rotatable bonds is 8. The minimum atomic E-state index is -0.200. The Balaban J connectivity index is 1.58. The molecule has 3 aromatic rings. The second-order valence-electron chi connectivity index (χ2n) is 10.2. The molecule has 3 heterocycles. The molecule has 4 nitrogen and oxygen atoms in total. The average Bonchev–Trinajstić information content (AvgIpc) is 3.38. The fraction of sp³-hybridized carbons (Fsp3) is 0.556. The summed E-state index contributed by atoms with van der Waals surface area (Å²) in [6.45, 7) is 16.2. The smallest absolute Gasteiger partial charge is 0.0938 e. The summed E-state index contributed by atoms with van der Waals surface area (Å²) in [6.07, 6.45) is 5.26. The van der Waals surface area contributed by atoms with Crippen molar-refractivity contribution in [2.75, 3.05) is 19.7 Å². The lowest BCUT2D eigenvalue weighted by Crippen LogP contribution is -2.50. The summed E-state index contributed by atoms with van der Waals surface area (Å²) in [4.78, 5) is 12.1. The number of nitrogens with zero attached hydrogens (tertiary/aromatic N) is 3. The maximum Gasteiger partial charge on any atom is 0.0938 e. The number of para-hydroxylation sites is 1. The third-order valence-electron chi connectivity index (χ3n) is 7.70. The molecule has 0 unspecified atom stereocenters. The van der Waals surface area contributed by atoms with Crippen LogP contribution in [0.2, 0.25) is 0 Å². The van der Waals surface area contributed by atoms with Gasteiger partial charge in [0.15, 0.2) is 0 Å². The molecule has 5 heteroatoms. The van der Waals surface area contributed by atoms with Crippen LogP contribution in [0.3, 0.4) is 0 Å². The van der Waals surface area contributed by atoms with Crippen molar-refractivity contribution in [1.82, 2.24) is 14.9 Å². The van der Waals surface area contributed by atoms with Gasteiger partial charge in [0.25, 0.3) is 0 Å². The number of fused-ring (bicyclic) bond motifs is 1. The summed E-state index contributed by atoms with van der Waals surface area (Å²) in [5.41, 5.74) is 3.27. The third-order valence-corrected chi connectivity index (χ3v) is 8.80.